The molecule has 2 rings (SSSR count). The van der Waals surface area contributed by atoms with Gasteiger partial charge in [0.05, 0.1) is 17.8 Å². The fraction of sp³-hybridized carbons (Fsp3) is 0.529. The Kier molecular flexibility index (Phi) is 5.28. The molecule has 1 aliphatic rings. The second-order valence-electron chi connectivity index (χ2n) is 6.66. The SMILES string of the molecule is COCCC(=C(F)B1OC(C)(C)C(C)(C)O1)c1ccc(F)cc1. The molecule has 1 saturated heterocycles. The van der Waals surface area contributed by atoms with Crippen molar-refractivity contribution >= 4 is 12.7 Å². The first-order chi connectivity index (χ1) is 10.7. The van der Waals surface area contributed by atoms with Gasteiger partial charge in [-0.1, -0.05) is 12.1 Å². The number of rotatable bonds is 5. The average Bonchev–Trinajstić information content (AvgIpc) is 2.69. The normalized spacial score (nSPS) is 20.6. The summed E-state index contributed by atoms with van der Waals surface area (Å²) in [6.45, 7) is 7.82. The molecule has 6 heteroatoms. The van der Waals surface area contributed by atoms with Gasteiger partial charge in [0.2, 0.25) is 0 Å². The number of methoxy groups -OCH3 is 1. The van der Waals surface area contributed by atoms with Crippen molar-refractivity contribution in [3.63, 3.8) is 0 Å². The van der Waals surface area contributed by atoms with Gasteiger partial charge in [0.15, 0.2) is 0 Å². The topological polar surface area (TPSA) is 27.7 Å². The van der Waals surface area contributed by atoms with Crippen LogP contribution >= 0.6 is 0 Å². The lowest BCUT2D eigenvalue weighted by atomic mass is 9.82. The van der Waals surface area contributed by atoms with Crippen molar-refractivity contribution in [3.05, 3.63) is 41.4 Å². The van der Waals surface area contributed by atoms with E-state index in [1.54, 1.807) is 19.2 Å². The second kappa shape index (κ2) is 6.71. The predicted octanol–water partition coefficient (Wildman–Crippen LogP) is 4.17. The van der Waals surface area contributed by atoms with E-state index in [0.29, 0.717) is 24.2 Å². The minimum absolute atomic E-state index is 0.345. The van der Waals surface area contributed by atoms with Gasteiger partial charge in [0, 0.05) is 7.11 Å². The van der Waals surface area contributed by atoms with E-state index in [0.717, 1.165) is 0 Å². The van der Waals surface area contributed by atoms with Crippen LogP contribution < -0.4 is 0 Å². The van der Waals surface area contributed by atoms with E-state index in [1.807, 2.05) is 27.7 Å². The third kappa shape index (κ3) is 3.82. The van der Waals surface area contributed by atoms with Crippen LogP contribution in [0.4, 0.5) is 8.78 Å². The maximum absolute atomic E-state index is 15.0. The minimum Gasteiger partial charge on any atom is -0.398 e. The molecule has 0 aliphatic carbocycles. The van der Waals surface area contributed by atoms with Crippen LogP contribution in [0.5, 0.6) is 0 Å². The molecule has 0 radical (unpaired) electrons. The zero-order valence-electron chi connectivity index (χ0n) is 14.3. The lowest BCUT2D eigenvalue weighted by molar-refractivity contribution is 0.00578. The van der Waals surface area contributed by atoms with E-state index >= 15 is 4.39 Å². The molecule has 0 atom stereocenters. The quantitative estimate of drug-likeness (QED) is 0.761. The Bertz CT molecular complexity index is 566. The molecule has 0 amide bonds. The summed E-state index contributed by atoms with van der Waals surface area (Å²) in [6.07, 6.45) is 0.345. The Morgan fingerprint density at radius 1 is 1.09 bits per heavy atom. The summed E-state index contributed by atoms with van der Waals surface area (Å²) in [5.41, 5.74) is -0.734. The Morgan fingerprint density at radius 3 is 2.09 bits per heavy atom. The summed E-state index contributed by atoms with van der Waals surface area (Å²) < 4.78 is 44.8. The van der Waals surface area contributed by atoms with Gasteiger partial charge in [-0.25, -0.2) is 8.78 Å². The summed E-state index contributed by atoms with van der Waals surface area (Å²) >= 11 is 0. The van der Waals surface area contributed by atoms with Crippen molar-refractivity contribution in [1.82, 2.24) is 0 Å². The maximum Gasteiger partial charge on any atom is 0.525 e. The smallest absolute Gasteiger partial charge is 0.398 e. The Labute approximate surface area is 136 Å². The number of halogens is 2. The number of ether oxygens (including phenoxy) is 1. The first-order valence-corrected chi connectivity index (χ1v) is 7.67. The highest BCUT2D eigenvalue weighted by Gasteiger charge is 2.53. The van der Waals surface area contributed by atoms with E-state index in [4.69, 9.17) is 14.0 Å². The van der Waals surface area contributed by atoms with Crippen LogP contribution in [0.2, 0.25) is 0 Å². The predicted molar refractivity (Wildman–Crippen MR) is 87.0 cm³/mol. The van der Waals surface area contributed by atoms with Crippen LogP contribution in [0.3, 0.4) is 0 Å². The molecular weight excluding hydrogens is 301 g/mol. The standard InChI is InChI=1S/C17H23BF2O3/c1-16(2)17(3,4)23-18(22-16)15(20)14(10-11-21-5)12-6-8-13(19)9-7-12/h6-9H,10-11H2,1-5H3. The van der Waals surface area contributed by atoms with Gasteiger partial charge in [-0.15, -0.1) is 0 Å². The van der Waals surface area contributed by atoms with E-state index in [1.165, 1.54) is 12.1 Å². The van der Waals surface area contributed by atoms with Gasteiger partial charge in [-0.05, 0) is 57.4 Å². The third-order valence-electron chi connectivity index (χ3n) is 4.50. The first kappa shape index (κ1) is 18.1. The van der Waals surface area contributed by atoms with Gasteiger partial charge < -0.3 is 14.0 Å². The van der Waals surface area contributed by atoms with Crippen LogP contribution in [0.1, 0.15) is 39.7 Å². The maximum atomic E-state index is 15.0. The molecule has 1 aromatic carbocycles. The summed E-state index contributed by atoms with van der Waals surface area (Å²) in [5.74, 6) is -0.365. The third-order valence-corrected chi connectivity index (χ3v) is 4.50. The molecule has 126 valence electrons. The largest absolute Gasteiger partial charge is 0.525 e. The minimum atomic E-state index is -1.07. The van der Waals surface area contributed by atoms with Crippen molar-refractivity contribution in [1.29, 1.82) is 0 Å². The zero-order valence-corrected chi connectivity index (χ0v) is 14.3. The molecular formula is C17H23BF2O3. The molecule has 0 saturated carbocycles. The van der Waals surface area contributed by atoms with E-state index < -0.39 is 24.0 Å². The molecule has 1 aromatic rings. The summed E-state index contributed by atoms with van der Waals surface area (Å²) in [7, 11) is 0.478. The molecule has 0 aromatic heterocycles. The van der Waals surface area contributed by atoms with Crippen LogP contribution in [0.25, 0.3) is 5.57 Å². The summed E-state index contributed by atoms with van der Waals surface area (Å²) in [6, 6.07) is 5.70. The highest BCUT2D eigenvalue weighted by Crippen LogP contribution is 2.40. The average molecular weight is 324 g/mol. The summed E-state index contributed by atoms with van der Waals surface area (Å²) in [4.78, 5) is 0. The fourth-order valence-electron chi connectivity index (χ4n) is 2.35. The van der Waals surface area contributed by atoms with Crippen molar-refractivity contribution in [2.75, 3.05) is 13.7 Å². The zero-order chi connectivity index (χ0) is 17.3. The fourth-order valence-corrected chi connectivity index (χ4v) is 2.35. The molecule has 0 spiro atoms. The van der Waals surface area contributed by atoms with Crippen LogP contribution in [-0.2, 0) is 14.0 Å². The number of benzene rings is 1. The van der Waals surface area contributed by atoms with Crippen molar-refractivity contribution in [3.8, 4) is 0 Å². The highest BCUT2D eigenvalue weighted by atomic mass is 19.1. The summed E-state index contributed by atoms with van der Waals surface area (Å²) in [5, 5.41) is 0. The number of hydrogen-bond donors (Lipinski definition) is 0. The molecule has 3 nitrogen and oxygen atoms in total. The Balaban J connectivity index is 2.36. The van der Waals surface area contributed by atoms with E-state index in [2.05, 4.69) is 0 Å². The van der Waals surface area contributed by atoms with E-state index in [-0.39, 0.29) is 5.82 Å². The van der Waals surface area contributed by atoms with Crippen molar-refractivity contribution in [2.45, 2.75) is 45.3 Å². The van der Waals surface area contributed by atoms with Crippen LogP contribution in [0.15, 0.2) is 30.0 Å². The van der Waals surface area contributed by atoms with Gasteiger partial charge >= 0.3 is 7.12 Å². The number of hydrogen-bond acceptors (Lipinski definition) is 3. The molecule has 1 fully saturated rings. The first-order valence-electron chi connectivity index (χ1n) is 7.67. The molecule has 1 heterocycles. The lowest BCUT2D eigenvalue weighted by Crippen LogP contribution is -2.41. The van der Waals surface area contributed by atoms with E-state index in [9.17, 15) is 4.39 Å². The van der Waals surface area contributed by atoms with Gasteiger partial charge in [-0.3, -0.25) is 0 Å². The molecule has 0 N–H and O–H groups in total. The molecule has 1 aliphatic heterocycles. The monoisotopic (exact) mass is 324 g/mol. The highest BCUT2D eigenvalue weighted by molar-refractivity contribution is 6.55. The lowest BCUT2D eigenvalue weighted by Gasteiger charge is -2.32. The van der Waals surface area contributed by atoms with Crippen LogP contribution in [-0.4, -0.2) is 32.0 Å². The van der Waals surface area contributed by atoms with Crippen molar-refractivity contribution < 1.29 is 22.8 Å². The van der Waals surface area contributed by atoms with Gasteiger partial charge in [-0.2, -0.15) is 0 Å². The van der Waals surface area contributed by atoms with Gasteiger partial charge in [0.1, 0.15) is 11.5 Å². The molecule has 23 heavy (non-hydrogen) atoms. The van der Waals surface area contributed by atoms with Gasteiger partial charge in [0.25, 0.3) is 0 Å². The molecule has 0 bridgehead atoms. The Hall–Kier alpha value is -1.24. The van der Waals surface area contributed by atoms with Crippen LogP contribution in [0, 0.1) is 5.82 Å². The Morgan fingerprint density at radius 2 is 1.61 bits per heavy atom. The second-order valence-corrected chi connectivity index (χ2v) is 6.66. The van der Waals surface area contributed by atoms with Crippen molar-refractivity contribution in [2.24, 2.45) is 0 Å². The molecule has 0 unspecified atom stereocenters.